The summed E-state index contributed by atoms with van der Waals surface area (Å²) in [4.78, 5) is 11.2. The summed E-state index contributed by atoms with van der Waals surface area (Å²) in [7, 11) is 1.59. The van der Waals surface area contributed by atoms with E-state index in [0.717, 1.165) is 5.75 Å². The number of rotatable bonds is 4. The van der Waals surface area contributed by atoms with Crippen molar-refractivity contribution >= 4 is 11.6 Å². The smallest absolute Gasteiger partial charge is 0.250 e. The maximum Gasteiger partial charge on any atom is 0.250 e. The van der Waals surface area contributed by atoms with Crippen LogP contribution in [0.25, 0.3) is 0 Å². The lowest BCUT2D eigenvalue weighted by molar-refractivity contribution is 0.100. The van der Waals surface area contributed by atoms with Crippen molar-refractivity contribution in [2.75, 3.05) is 12.8 Å². The molecule has 0 saturated carbocycles. The van der Waals surface area contributed by atoms with Gasteiger partial charge in [-0.2, -0.15) is 0 Å². The number of carbonyl (C=O) groups is 1. The highest BCUT2D eigenvalue weighted by Crippen LogP contribution is 2.30. The van der Waals surface area contributed by atoms with Crippen LogP contribution < -0.4 is 20.9 Å². The highest BCUT2D eigenvalue weighted by Gasteiger charge is 2.10. The highest BCUT2D eigenvalue weighted by molar-refractivity contribution is 5.99. The van der Waals surface area contributed by atoms with Gasteiger partial charge in [-0.05, 0) is 36.4 Å². The first-order valence-electron chi connectivity index (χ1n) is 5.62. The van der Waals surface area contributed by atoms with Gasteiger partial charge in [0.15, 0.2) is 5.75 Å². The van der Waals surface area contributed by atoms with Crippen LogP contribution in [0.2, 0.25) is 0 Å². The van der Waals surface area contributed by atoms with Crippen molar-refractivity contribution in [2.45, 2.75) is 0 Å². The van der Waals surface area contributed by atoms with Gasteiger partial charge in [0.05, 0.1) is 18.4 Å². The first kappa shape index (κ1) is 12.8. The van der Waals surface area contributed by atoms with Gasteiger partial charge in [0, 0.05) is 0 Å². The van der Waals surface area contributed by atoms with Crippen LogP contribution >= 0.6 is 0 Å². The SMILES string of the molecule is COc1ccc(Oc2cccc(C(N)=O)c2N)cc1. The Balaban J connectivity index is 2.27. The lowest BCUT2D eigenvalue weighted by Crippen LogP contribution is -2.13. The summed E-state index contributed by atoms with van der Waals surface area (Å²) in [6.45, 7) is 0. The second-order valence-electron chi connectivity index (χ2n) is 3.86. The molecule has 98 valence electrons. The molecule has 0 spiro atoms. The van der Waals surface area contributed by atoms with E-state index in [1.165, 1.54) is 0 Å². The molecule has 5 heteroatoms. The Morgan fingerprint density at radius 2 is 1.68 bits per heavy atom. The van der Waals surface area contributed by atoms with Crippen LogP contribution in [0.15, 0.2) is 42.5 Å². The minimum Gasteiger partial charge on any atom is -0.497 e. The molecule has 2 aromatic rings. The van der Waals surface area contributed by atoms with E-state index in [-0.39, 0.29) is 11.3 Å². The van der Waals surface area contributed by atoms with Gasteiger partial charge in [0.2, 0.25) is 0 Å². The third-order valence-electron chi connectivity index (χ3n) is 2.62. The third kappa shape index (κ3) is 2.77. The number of hydrogen-bond acceptors (Lipinski definition) is 4. The molecule has 0 aliphatic carbocycles. The van der Waals surface area contributed by atoms with Crippen molar-refractivity contribution in [3.63, 3.8) is 0 Å². The maximum atomic E-state index is 11.2. The summed E-state index contributed by atoms with van der Waals surface area (Å²) in [5.41, 5.74) is 11.5. The first-order valence-corrected chi connectivity index (χ1v) is 5.62. The quantitative estimate of drug-likeness (QED) is 0.823. The Bertz CT molecular complexity index is 594. The lowest BCUT2D eigenvalue weighted by atomic mass is 10.1. The number of para-hydroxylation sites is 1. The summed E-state index contributed by atoms with van der Waals surface area (Å²) in [6, 6.07) is 11.9. The van der Waals surface area contributed by atoms with Gasteiger partial charge in [-0.15, -0.1) is 0 Å². The van der Waals surface area contributed by atoms with Crippen molar-refractivity contribution in [1.29, 1.82) is 0 Å². The molecule has 0 heterocycles. The van der Waals surface area contributed by atoms with Crippen molar-refractivity contribution in [1.82, 2.24) is 0 Å². The van der Waals surface area contributed by atoms with E-state index >= 15 is 0 Å². The number of hydrogen-bond donors (Lipinski definition) is 2. The fraction of sp³-hybridized carbons (Fsp3) is 0.0714. The van der Waals surface area contributed by atoms with Crippen molar-refractivity contribution in [3.8, 4) is 17.2 Å². The average Bonchev–Trinajstić information content (AvgIpc) is 2.41. The van der Waals surface area contributed by atoms with Crippen molar-refractivity contribution in [3.05, 3.63) is 48.0 Å². The minimum atomic E-state index is -0.585. The van der Waals surface area contributed by atoms with Crippen molar-refractivity contribution in [2.24, 2.45) is 5.73 Å². The zero-order chi connectivity index (χ0) is 13.8. The van der Waals surface area contributed by atoms with Crippen LogP contribution in [0.4, 0.5) is 5.69 Å². The lowest BCUT2D eigenvalue weighted by Gasteiger charge is -2.10. The normalized spacial score (nSPS) is 9.95. The highest BCUT2D eigenvalue weighted by atomic mass is 16.5. The molecule has 0 unspecified atom stereocenters. The molecule has 2 rings (SSSR count). The molecule has 5 nitrogen and oxygen atoms in total. The van der Waals surface area contributed by atoms with Crippen molar-refractivity contribution < 1.29 is 14.3 Å². The van der Waals surface area contributed by atoms with Crippen LogP contribution in [-0.4, -0.2) is 13.0 Å². The number of methoxy groups -OCH3 is 1. The Hall–Kier alpha value is -2.69. The van der Waals surface area contributed by atoms with Crippen LogP contribution in [0.5, 0.6) is 17.2 Å². The fourth-order valence-electron chi connectivity index (χ4n) is 1.62. The monoisotopic (exact) mass is 258 g/mol. The maximum absolute atomic E-state index is 11.2. The van der Waals surface area contributed by atoms with E-state index in [2.05, 4.69) is 0 Å². The Morgan fingerprint density at radius 3 is 2.26 bits per heavy atom. The average molecular weight is 258 g/mol. The van der Waals surface area contributed by atoms with Crippen LogP contribution in [0.1, 0.15) is 10.4 Å². The van der Waals surface area contributed by atoms with E-state index in [4.69, 9.17) is 20.9 Å². The number of benzene rings is 2. The molecule has 0 aromatic heterocycles. The van der Waals surface area contributed by atoms with Gasteiger partial charge in [-0.3, -0.25) is 4.79 Å². The summed E-state index contributed by atoms with van der Waals surface area (Å²) < 4.78 is 10.7. The van der Waals surface area contributed by atoms with Crippen LogP contribution in [0.3, 0.4) is 0 Å². The van der Waals surface area contributed by atoms with Gasteiger partial charge in [-0.25, -0.2) is 0 Å². The van der Waals surface area contributed by atoms with Gasteiger partial charge >= 0.3 is 0 Å². The third-order valence-corrected chi connectivity index (χ3v) is 2.62. The predicted octanol–water partition coefficient (Wildman–Crippen LogP) is 2.17. The summed E-state index contributed by atoms with van der Waals surface area (Å²) >= 11 is 0. The zero-order valence-electron chi connectivity index (χ0n) is 10.4. The predicted molar refractivity (Wildman–Crippen MR) is 72.4 cm³/mol. The Labute approximate surface area is 110 Å². The summed E-state index contributed by atoms with van der Waals surface area (Å²) in [6.07, 6.45) is 0. The number of nitrogens with two attached hydrogens (primary N) is 2. The molecular formula is C14H14N2O3. The topological polar surface area (TPSA) is 87.6 Å². The standard InChI is InChI=1S/C14H14N2O3/c1-18-9-5-7-10(8-6-9)19-12-4-2-3-11(13(12)15)14(16)17/h2-8H,15H2,1H3,(H2,16,17). The van der Waals surface area contributed by atoms with Gasteiger partial charge in [0.1, 0.15) is 11.5 Å². The number of nitrogen functional groups attached to an aromatic ring is 1. The molecule has 2 aromatic carbocycles. The molecule has 1 amide bonds. The molecular weight excluding hydrogens is 244 g/mol. The fourth-order valence-corrected chi connectivity index (χ4v) is 1.62. The van der Waals surface area contributed by atoms with Crippen LogP contribution in [-0.2, 0) is 0 Å². The number of anilines is 1. The van der Waals surface area contributed by atoms with E-state index < -0.39 is 5.91 Å². The summed E-state index contributed by atoms with van der Waals surface area (Å²) in [5, 5.41) is 0. The number of primary amides is 1. The second kappa shape index (κ2) is 5.30. The van der Waals surface area contributed by atoms with Gasteiger partial charge in [0.25, 0.3) is 5.91 Å². The molecule has 0 aliphatic rings. The molecule has 19 heavy (non-hydrogen) atoms. The molecule has 4 N–H and O–H groups in total. The molecule has 0 fully saturated rings. The Morgan fingerprint density at radius 1 is 1.05 bits per heavy atom. The molecule has 0 bridgehead atoms. The minimum absolute atomic E-state index is 0.228. The number of amides is 1. The molecule has 0 radical (unpaired) electrons. The first-order chi connectivity index (χ1) is 9.11. The van der Waals surface area contributed by atoms with Gasteiger partial charge < -0.3 is 20.9 Å². The van der Waals surface area contributed by atoms with E-state index in [1.807, 2.05) is 0 Å². The second-order valence-corrected chi connectivity index (χ2v) is 3.86. The largest absolute Gasteiger partial charge is 0.497 e. The van der Waals surface area contributed by atoms with E-state index in [1.54, 1.807) is 49.6 Å². The van der Waals surface area contributed by atoms with E-state index in [9.17, 15) is 4.79 Å². The van der Waals surface area contributed by atoms with Gasteiger partial charge in [-0.1, -0.05) is 6.07 Å². The Kier molecular flexibility index (Phi) is 3.56. The molecule has 0 atom stereocenters. The van der Waals surface area contributed by atoms with E-state index in [0.29, 0.717) is 11.5 Å². The molecule has 0 aliphatic heterocycles. The molecule has 0 saturated heterocycles. The number of ether oxygens (including phenoxy) is 2. The summed E-state index contributed by atoms with van der Waals surface area (Å²) in [5.74, 6) is 1.12. The zero-order valence-corrected chi connectivity index (χ0v) is 10.4. The number of carbonyl (C=O) groups excluding carboxylic acids is 1. The van der Waals surface area contributed by atoms with Crippen LogP contribution in [0, 0.1) is 0 Å².